The van der Waals surface area contributed by atoms with Gasteiger partial charge >= 0.3 is 0 Å². The van der Waals surface area contributed by atoms with E-state index < -0.39 is 0 Å². The second-order valence-electron chi connectivity index (χ2n) is 6.49. The number of nitrogens with one attached hydrogen (secondary N) is 1. The van der Waals surface area contributed by atoms with E-state index in [-0.39, 0.29) is 0 Å². The Morgan fingerprint density at radius 3 is 2.66 bits per heavy atom. The molecular formula is C22H26N4O2S. The van der Waals surface area contributed by atoms with Gasteiger partial charge in [-0.2, -0.15) is 14.9 Å². The molecule has 0 saturated heterocycles. The number of ether oxygens (including phenoxy) is 2. The molecule has 1 aromatic heterocycles. The second-order valence-corrected chi connectivity index (χ2v) is 6.88. The maximum Gasteiger partial charge on any atom is 0.216 e. The predicted octanol–water partition coefficient (Wildman–Crippen LogP) is 5.46. The number of aromatic nitrogens is 3. The molecule has 0 aliphatic carbocycles. The minimum Gasteiger partial charge on any atom is -0.494 e. The van der Waals surface area contributed by atoms with Gasteiger partial charge in [-0.15, -0.1) is 0 Å². The van der Waals surface area contributed by atoms with Gasteiger partial charge in [0.15, 0.2) is 5.82 Å². The van der Waals surface area contributed by atoms with Crippen molar-refractivity contribution in [2.24, 2.45) is 5.10 Å². The monoisotopic (exact) mass is 410 g/mol. The van der Waals surface area contributed by atoms with Crippen molar-refractivity contribution in [3.63, 3.8) is 0 Å². The molecule has 0 saturated carbocycles. The maximum atomic E-state index is 5.75. The lowest BCUT2D eigenvalue weighted by molar-refractivity contribution is 0.306. The van der Waals surface area contributed by atoms with Crippen LogP contribution in [0.15, 0.2) is 53.6 Å². The lowest BCUT2D eigenvalue weighted by Gasteiger charge is -2.06. The summed E-state index contributed by atoms with van der Waals surface area (Å²) in [6.07, 6.45) is 5.20. The molecule has 7 heteroatoms. The first-order valence-electron chi connectivity index (χ1n) is 9.89. The smallest absolute Gasteiger partial charge is 0.216 e. The summed E-state index contributed by atoms with van der Waals surface area (Å²) in [6, 6.07) is 15.5. The van der Waals surface area contributed by atoms with Crippen molar-refractivity contribution in [3.05, 3.63) is 58.9 Å². The van der Waals surface area contributed by atoms with Crippen molar-refractivity contribution < 1.29 is 9.47 Å². The molecular weight excluding hydrogens is 384 g/mol. The Hall–Kier alpha value is -2.93. The van der Waals surface area contributed by atoms with E-state index in [0.717, 1.165) is 35.7 Å². The zero-order chi connectivity index (χ0) is 20.5. The SMILES string of the molecule is CCCCCOc1ccc(C=Nn2c(-c3cccc(OCC)c3)n[nH]c2=S)cc1. The summed E-state index contributed by atoms with van der Waals surface area (Å²) in [5.41, 5.74) is 1.82. The van der Waals surface area contributed by atoms with Gasteiger partial charge in [0, 0.05) is 5.56 Å². The van der Waals surface area contributed by atoms with Gasteiger partial charge in [-0.1, -0.05) is 31.9 Å². The minimum absolute atomic E-state index is 0.425. The van der Waals surface area contributed by atoms with Gasteiger partial charge in [-0.25, -0.2) is 5.10 Å². The molecule has 0 radical (unpaired) electrons. The Kier molecular flexibility index (Phi) is 7.58. The fraction of sp³-hybridized carbons (Fsp3) is 0.318. The number of benzene rings is 2. The largest absolute Gasteiger partial charge is 0.494 e. The van der Waals surface area contributed by atoms with Crippen molar-refractivity contribution in [2.75, 3.05) is 13.2 Å². The second kappa shape index (κ2) is 10.6. The summed E-state index contributed by atoms with van der Waals surface area (Å²) in [5.74, 6) is 2.28. The fourth-order valence-corrected chi connectivity index (χ4v) is 2.97. The van der Waals surface area contributed by atoms with E-state index in [1.54, 1.807) is 10.9 Å². The molecule has 0 fully saturated rings. The zero-order valence-corrected chi connectivity index (χ0v) is 17.6. The lowest BCUT2D eigenvalue weighted by atomic mass is 10.2. The highest BCUT2D eigenvalue weighted by Gasteiger charge is 2.09. The summed E-state index contributed by atoms with van der Waals surface area (Å²) in [4.78, 5) is 0. The molecule has 6 nitrogen and oxygen atoms in total. The first-order valence-corrected chi connectivity index (χ1v) is 10.3. The molecule has 0 spiro atoms. The number of rotatable bonds is 10. The van der Waals surface area contributed by atoms with Gasteiger partial charge in [0.1, 0.15) is 11.5 Å². The van der Waals surface area contributed by atoms with Crippen LogP contribution in [0.2, 0.25) is 0 Å². The van der Waals surface area contributed by atoms with Crippen molar-refractivity contribution in [2.45, 2.75) is 33.1 Å². The minimum atomic E-state index is 0.425. The molecule has 3 rings (SSSR count). The first kappa shape index (κ1) is 20.8. The topological polar surface area (TPSA) is 64.4 Å². The van der Waals surface area contributed by atoms with Crippen molar-refractivity contribution >= 4 is 18.4 Å². The van der Waals surface area contributed by atoms with E-state index in [1.807, 2.05) is 55.5 Å². The van der Waals surface area contributed by atoms with Crippen LogP contribution in [0.3, 0.4) is 0 Å². The van der Waals surface area contributed by atoms with Gasteiger partial charge in [-0.05, 0) is 67.5 Å². The van der Waals surface area contributed by atoms with E-state index >= 15 is 0 Å². The van der Waals surface area contributed by atoms with Crippen LogP contribution in [-0.2, 0) is 0 Å². The summed E-state index contributed by atoms with van der Waals surface area (Å²) in [6.45, 7) is 5.48. The first-order chi connectivity index (χ1) is 14.2. The lowest BCUT2D eigenvalue weighted by Crippen LogP contribution is -1.98. The molecule has 1 heterocycles. The van der Waals surface area contributed by atoms with Gasteiger partial charge in [-0.3, -0.25) is 0 Å². The molecule has 0 atom stereocenters. The summed E-state index contributed by atoms with van der Waals surface area (Å²) in [5, 5.41) is 11.6. The Bertz CT molecular complexity index is 993. The number of H-pyrrole nitrogens is 1. The highest BCUT2D eigenvalue weighted by Crippen LogP contribution is 2.22. The average Bonchev–Trinajstić information content (AvgIpc) is 3.11. The normalized spacial score (nSPS) is 11.1. The number of nitrogens with zero attached hydrogens (tertiary/aromatic N) is 3. The molecule has 0 bridgehead atoms. The Balaban J connectivity index is 1.74. The molecule has 29 heavy (non-hydrogen) atoms. The van der Waals surface area contributed by atoms with Crippen LogP contribution < -0.4 is 9.47 Å². The molecule has 0 aliphatic heterocycles. The third-order valence-electron chi connectivity index (χ3n) is 4.27. The van der Waals surface area contributed by atoms with E-state index in [1.165, 1.54) is 12.8 Å². The summed E-state index contributed by atoms with van der Waals surface area (Å²) < 4.78 is 13.4. The van der Waals surface area contributed by atoms with Crippen LogP contribution in [0, 0.1) is 4.77 Å². The predicted molar refractivity (Wildman–Crippen MR) is 118 cm³/mol. The third-order valence-corrected chi connectivity index (χ3v) is 4.54. The van der Waals surface area contributed by atoms with Gasteiger partial charge in [0.05, 0.1) is 19.4 Å². The Labute approximate surface area is 176 Å². The van der Waals surface area contributed by atoms with Crippen LogP contribution in [-0.4, -0.2) is 34.3 Å². The quantitative estimate of drug-likeness (QED) is 0.274. The highest BCUT2D eigenvalue weighted by molar-refractivity contribution is 7.71. The van der Waals surface area contributed by atoms with Gasteiger partial charge in [0.2, 0.25) is 4.77 Å². The molecule has 2 aromatic carbocycles. The van der Waals surface area contributed by atoms with Gasteiger partial charge < -0.3 is 9.47 Å². The van der Waals surface area contributed by atoms with Crippen LogP contribution >= 0.6 is 12.2 Å². The standard InChI is InChI=1S/C22H26N4O2S/c1-3-5-6-14-28-19-12-10-17(11-13-19)16-23-26-21(24-25-22(26)29)18-8-7-9-20(15-18)27-4-2/h7-13,15-16H,3-6,14H2,1-2H3,(H,25,29). The molecule has 152 valence electrons. The molecule has 0 unspecified atom stereocenters. The molecule has 0 amide bonds. The number of hydrogen-bond acceptors (Lipinski definition) is 5. The average molecular weight is 411 g/mol. The van der Waals surface area contributed by atoms with Crippen molar-refractivity contribution in [1.29, 1.82) is 0 Å². The van der Waals surface area contributed by atoms with Gasteiger partial charge in [0.25, 0.3) is 0 Å². The van der Waals surface area contributed by atoms with Crippen LogP contribution in [0.25, 0.3) is 11.4 Å². The molecule has 3 aromatic rings. The fourth-order valence-electron chi connectivity index (χ4n) is 2.79. The Morgan fingerprint density at radius 2 is 1.90 bits per heavy atom. The molecule has 1 N–H and O–H groups in total. The maximum absolute atomic E-state index is 5.75. The summed E-state index contributed by atoms with van der Waals surface area (Å²) >= 11 is 5.34. The van der Waals surface area contributed by atoms with Crippen LogP contribution in [0.5, 0.6) is 11.5 Å². The summed E-state index contributed by atoms with van der Waals surface area (Å²) in [7, 11) is 0. The van der Waals surface area contributed by atoms with Crippen LogP contribution in [0.1, 0.15) is 38.7 Å². The number of hydrogen-bond donors (Lipinski definition) is 1. The van der Waals surface area contributed by atoms with Crippen LogP contribution in [0.4, 0.5) is 0 Å². The van der Waals surface area contributed by atoms with E-state index in [2.05, 4.69) is 22.2 Å². The van der Waals surface area contributed by atoms with Crippen molar-refractivity contribution in [3.8, 4) is 22.9 Å². The zero-order valence-electron chi connectivity index (χ0n) is 16.8. The Morgan fingerprint density at radius 1 is 1.07 bits per heavy atom. The van der Waals surface area contributed by atoms with Crippen molar-refractivity contribution in [1.82, 2.24) is 14.9 Å². The van der Waals surface area contributed by atoms with E-state index in [9.17, 15) is 0 Å². The van der Waals surface area contributed by atoms with E-state index in [0.29, 0.717) is 17.2 Å². The number of aromatic amines is 1. The van der Waals surface area contributed by atoms with E-state index in [4.69, 9.17) is 21.7 Å². The highest BCUT2D eigenvalue weighted by atomic mass is 32.1. The number of unbranched alkanes of at least 4 members (excludes halogenated alkanes) is 2. The third kappa shape index (κ3) is 5.77. The molecule has 0 aliphatic rings.